The molecule has 72 heavy (non-hydrogen) atoms. The Labute approximate surface area is 413 Å². The van der Waals surface area contributed by atoms with Crippen LogP contribution < -0.4 is 21.3 Å². The number of hydrogen-bond donors (Lipinski definition) is 4. The highest BCUT2D eigenvalue weighted by atomic mass is 16.5. The minimum absolute atomic E-state index is 0.000516. The highest BCUT2D eigenvalue weighted by Crippen LogP contribution is 2.37. The highest BCUT2D eigenvalue weighted by molar-refractivity contribution is 5.98. The van der Waals surface area contributed by atoms with E-state index in [1.165, 1.54) is 0 Å². The number of amides is 2. The maximum Gasteiger partial charge on any atom is 0.271 e. The summed E-state index contributed by atoms with van der Waals surface area (Å²) in [6.07, 6.45) is 14.4. The lowest BCUT2D eigenvalue weighted by Crippen LogP contribution is -2.51. The van der Waals surface area contributed by atoms with Crippen molar-refractivity contribution in [3.05, 3.63) is 85.0 Å². The SMILES string of the molecule is CNc1cc(-c2cn([C@H]3COC[C@@H]3OC)c3ncccc23)nn2c(C(=O)N[C@@H]3CC[C@H]3OC)cnc12.CNc1cc(-c2cn([C@H]3COC[C@@H]3OC)c3ncccc23)nn2c(C(=O)N[C@H]3CC[C@@H]3OC)cnc12. The molecule has 22 heteroatoms. The number of aromatic nitrogens is 10. The molecule has 2 saturated carbocycles. The second-order valence-electron chi connectivity index (χ2n) is 18.4. The lowest BCUT2D eigenvalue weighted by molar-refractivity contribution is 0.00717. The Bertz CT molecular complexity index is 3070. The van der Waals surface area contributed by atoms with Crippen molar-refractivity contribution in [2.45, 2.75) is 74.3 Å². The highest BCUT2D eigenvalue weighted by Gasteiger charge is 2.36. The molecule has 2 aliphatic carbocycles. The predicted molar refractivity (Wildman–Crippen MR) is 266 cm³/mol. The van der Waals surface area contributed by atoms with Gasteiger partial charge in [0.15, 0.2) is 22.7 Å². The number of rotatable bonds is 14. The Balaban J connectivity index is 0.000000156. The topological polar surface area (TPSA) is 234 Å². The Morgan fingerprint density at radius 3 is 1.38 bits per heavy atom. The molecule has 4 N–H and O–H groups in total. The summed E-state index contributed by atoms with van der Waals surface area (Å²) in [6.45, 7) is 2.16. The number of anilines is 2. The maximum absolute atomic E-state index is 13.2. The van der Waals surface area contributed by atoms with Gasteiger partial charge in [0.05, 0.1) is 98.0 Å². The fourth-order valence-corrected chi connectivity index (χ4v) is 10.3. The van der Waals surface area contributed by atoms with Crippen molar-refractivity contribution >= 4 is 56.6 Å². The third-order valence-electron chi connectivity index (χ3n) is 14.7. The van der Waals surface area contributed by atoms with Crippen molar-refractivity contribution in [2.24, 2.45) is 0 Å². The zero-order chi connectivity index (χ0) is 49.6. The van der Waals surface area contributed by atoms with Crippen LogP contribution in [0.25, 0.3) is 55.9 Å². The first kappa shape index (κ1) is 47.3. The summed E-state index contributed by atoms with van der Waals surface area (Å²) >= 11 is 0. The lowest BCUT2D eigenvalue weighted by atomic mass is 9.89. The van der Waals surface area contributed by atoms with E-state index in [0.29, 0.717) is 60.5 Å². The molecule has 22 nitrogen and oxygen atoms in total. The van der Waals surface area contributed by atoms with Crippen LogP contribution in [-0.2, 0) is 28.4 Å². The quantitative estimate of drug-likeness (QED) is 0.117. The number of hydrogen-bond acceptors (Lipinski definition) is 16. The molecule has 4 aliphatic rings. The monoisotopic (exact) mass is 982 g/mol. The van der Waals surface area contributed by atoms with E-state index >= 15 is 0 Å². The molecule has 0 unspecified atom stereocenters. The van der Waals surface area contributed by atoms with Crippen LogP contribution in [0.2, 0.25) is 0 Å². The van der Waals surface area contributed by atoms with Crippen LogP contribution in [0.15, 0.2) is 73.6 Å². The van der Waals surface area contributed by atoms with E-state index in [0.717, 1.165) is 70.3 Å². The van der Waals surface area contributed by atoms with Crippen LogP contribution >= 0.6 is 0 Å². The largest absolute Gasteiger partial charge is 0.385 e. The van der Waals surface area contributed by atoms with E-state index in [9.17, 15) is 9.59 Å². The van der Waals surface area contributed by atoms with Gasteiger partial charge in [0.1, 0.15) is 23.5 Å². The summed E-state index contributed by atoms with van der Waals surface area (Å²) in [5.41, 5.74) is 8.28. The van der Waals surface area contributed by atoms with Gasteiger partial charge in [0.2, 0.25) is 0 Å². The molecule has 0 spiro atoms. The van der Waals surface area contributed by atoms with Gasteiger partial charge in [-0.1, -0.05) is 0 Å². The summed E-state index contributed by atoms with van der Waals surface area (Å²) in [7, 11) is 10.4. The van der Waals surface area contributed by atoms with Gasteiger partial charge in [-0.05, 0) is 62.1 Å². The van der Waals surface area contributed by atoms with Gasteiger partial charge in [0.25, 0.3) is 11.8 Å². The molecule has 8 aromatic heterocycles. The van der Waals surface area contributed by atoms with Crippen LogP contribution in [0.5, 0.6) is 0 Å². The number of fused-ring (bicyclic) bond motifs is 4. The summed E-state index contributed by atoms with van der Waals surface area (Å²) in [6, 6.07) is 11.8. The summed E-state index contributed by atoms with van der Waals surface area (Å²) in [5.74, 6) is -0.452. The summed E-state index contributed by atoms with van der Waals surface area (Å²) in [4.78, 5) is 44.6. The Morgan fingerprint density at radius 2 is 1.00 bits per heavy atom. The first-order valence-corrected chi connectivity index (χ1v) is 24.2. The number of nitrogens with zero attached hydrogens (tertiary/aromatic N) is 10. The number of ether oxygens (including phenoxy) is 6. The van der Waals surface area contributed by atoms with E-state index in [2.05, 4.69) is 50.3 Å². The summed E-state index contributed by atoms with van der Waals surface area (Å²) in [5, 5.41) is 24.2. The fraction of sp³-hybridized carbons (Fsp3) is 0.440. The number of carbonyl (C=O) groups is 2. The maximum atomic E-state index is 13.2. The van der Waals surface area contributed by atoms with Gasteiger partial charge >= 0.3 is 0 Å². The normalized spacial score (nSPS) is 23.8. The third kappa shape index (κ3) is 8.26. The van der Waals surface area contributed by atoms with Crippen LogP contribution in [0.3, 0.4) is 0 Å². The molecule has 2 saturated heterocycles. The van der Waals surface area contributed by atoms with Gasteiger partial charge in [-0.15, -0.1) is 0 Å². The van der Waals surface area contributed by atoms with Crippen molar-refractivity contribution in [1.29, 1.82) is 0 Å². The minimum Gasteiger partial charge on any atom is -0.385 e. The molecule has 0 aromatic carbocycles. The second-order valence-corrected chi connectivity index (χ2v) is 18.4. The van der Waals surface area contributed by atoms with Gasteiger partial charge in [-0.25, -0.2) is 29.0 Å². The van der Waals surface area contributed by atoms with E-state index in [4.69, 9.17) is 38.6 Å². The van der Waals surface area contributed by atoms with Crippen molar-refractivity contribution in [1.82, 2.24) is 58.9 Å². The van der Waals surface area contributed by atoms with Crippen LogP contribution in [0.4, 0.5) is 11.4 Å². The zero-order valence-electron chi connectivity index (χ0n) is 40.9. The predicted octanol–water partition coefficient (Wildman–Crippen LogP) is 4.56. The second kappa shape index (κ2) is 19.8. The zero-order valence-corrected chi connectivity index (χ0v) is 40.9. The summed E-state index contributed by atoms with van der Waals surface area (Å²) < 4.78 is 41.0. The molecule has 8 atom stereocenters. The molecule has 4 fully saturated rings. The molecule has 0 radical (unpaired) electrons. The number of nitrogens with one attached hydrogen (secondary N) is 4. The lowest BCUT2D eigenvalue weighted by Gasteiger charge is -2.35. The average Bonchev–Trinajstić information content (AvgIpc) is 4.27. The fourth-order valence-electron chi connectivity index (χ4n) is 10.3. The molecule has 376 valence electrons. The first-order valence-electron chi connectivity index (χ1n) is 24.2. The Kier molecular flexibility index (Phi) is 13.0. The number of imidazole rings is 2. The van der Waals surface area contributed by atoms with E-state index in [1.54, 1.807) is 62.3 Å². The van der Waals surface area contributed by atoms with E-state index < -0.39 is 0 Å². The van der Waals surface area contributed by atoms with Crippen LogP contribution in [0, 0.1) is 0 Å². The Hall–Kier alpha value is -7.08. The van der Waals surface area contributed by atoms with Crippen molar-refractivity contribution in [3.63, 3.8) is 0 Å². The molecular weight excluding hydrogens is 925 g/mol. The van der Waals surface area contributed by atoms with Crippen molar-refractivity contribution < 1.29 is 38.0 Å². The first-order chi connectivity index (χ1) is 35.2. The molecule has 2 aliphatic heterocycles. The minimum atomic E-state index is -0.226. The molecule has 12 rings (SSSR count). The molecular formula is C50H58N14O8. The number of pyridine rings is 2. The molecule has 2 amide bonds. The van der Waals surface area contributed by atoms with E-state index in [1.807, 2.05) is 62.9 Å². The number of methoxy groups -OCH3 is 4. The number of carbonyl (C=O) groups excluding carboxylic acids is 2. The van der Waals surface area contributed by atoms with Gasteiger partial charge < -0.3 is 58.8 Å². The van der Waals surface area contributed by atoms with Crippen LogP contribution in [0.1, 0.15) is 58.7 Å². The molecule has 8 aromatic rings. The van der Waals surface area contributed by atoms with Gasteiger partial charge in [-0.3, -0.25) is 9.59 Å². The third-order valence-corrected chi connectivity index (χ3v) is 14.7. The molecule has 10 heterocycles. The average molecular weight is 983 g/mol. The molecule has 0 bridgehead atoms. The van der Waals surface area contributed by atoms with Gasteiger partial charge in [-0.2, -0.15) is 10.2 Å². The smallest absolute Gasteiger partial charge is 0.271 e. The van der Waals surface area contributed by atoms with Crippen molar-refractivity contribution in [2.75, 3.05) is 79.6 Å². The van der Waals surface area contributed by atoms with Crippen molar-refractivity contribution in [3.8, 4) is 22.5 Å². The Morgan fingerprint density at radius 1 is 0.569 bits per heavy atom. The van der Waals surface area contributed by atoms with E-state index in [-0.39, 0.29) is 60.4 Å². The standard InChI is InChI=1S/2C25H29N7O4/c2*1-26-18-9-17(30-32-19(10-28-24(18)32)25(33)29-16-6-7-21(16)34-2)15-11-31(20-12-36-13-22(20)35-3)23-14(15)5-4-8-27-23/h2*4-5,8-11,16,20-22,26H,6-7,12-13H2,1-3H3,(H,29,33)/t16-,20+,21-,22+;16-,20-,21-,22-/m10/s1. The van der Waals surface area contributed by atoms with Crippen LogP contribution in [-0.4, -0.2) is 166 Å². The van der Waals surface area contributed by atoms with Gasteiger partial charge in [0, 0.05) is 89.2 Å².